The lowest BCUT2D eigenvalue weighted by Crippen LogP contribution is -2.19. The molecule has 0 atom stereocenters. The fourth-order valence-electron chi connectivity index (χ4n) is 2.67. The monoisotopic (exact) mass is 434 g/mol. The molecule has 30 heavy (non-hydrogen) atoms. The maximum Gasteiger partial charge on any atom is 0.250 e. The van der Waals surface area contributed by atoms with Crippen LogP contribution < -0.4 is 5.43 Å². The molecule has 1 N–H and O–H groups in total. The number of carbonyl (C=O) groups is 1. The molecule has 0 saturated heterocycles. The first-order valence-electron chi connectivity index (χ1n) is 9.12. The third kappa shape index (κ3) is 4.81. The molecule has 1 aromatic carbocycles. The first kappa shape index (κ1) is 20.0. The largest absolute Gasteiger partial charge is 0.272 e. The summed E-state index contributed by atoms with van der Waals surface area (Å²) in [5.41, 5.74) is 5.53. The number of thioether (sulfide) groups is 1. The fourth-order valence-corrected chi connectivity index (χ4v) is 4.00. The van der Waals surface area contributed by atoms with Gasteiger partial charge in [-0.2, -0.15) is 5.10 Å². The van der Waals surface area contributed by atoms with Crippen LogP contribution in [0, 0.1) is 6.92 Å². The number of nitrogens with zero attached hydrogens (tertiary/aromatic N) is 5. The van der Waals surface area contributed by atoms with Gasteiger partial charge in [-0.05, 0) is 42.6 Å². The van der Waals surface area contributed by atoms with Gasteiger partial charge >= 0.3 is 0 Å². The summed E-state index contributed by atoms with van der Waals surface area (Å²) in [6, 6.07) is 15.7. The summed E-state index contributed by atoms with van der Waals surface area (Å²) in [6.45, 7) is 2.04. The Morgan fingerprint density at radius 3 is 2.70 bits per heavy atom. The van der Waals surface area contributed by atoms with Crippen LogP contribution in [0.1, 0.15) is 10.4 Å². The second kappa shape index (κ2) is 9.47. The van der Waals surface area contributed by atoms with Crippen LogP contribution in [-0.2, 0) is 4.79 Å². The molecular formula is C21H18N6OS2. The molecule has 3 aromatic heterocycles. The second-order valence-corrected chi connectivity index (χ2v) is 8.23. The number of rotatable bonds is 7. The van der Waals surface area contributed by atoms with Crippen LogP contribution in [0.25, 0.3) is 17.1 Å². The minimum Gasteiger partial charge on any atom is -0.272 e. The van der Waals surface area contributed by atoms with Crippen LogP contribution in [0.4, 0.5) is 0 Å². The zero-order chi connectivity index (χ0) is 20.8. The first-order chi connectivity index (χ1) is 14.7. The number of hydrogen-bond acceptors (Lipinski definition) is 7. The highest BCUT2D eigenvalue weighted by molar-refractivity contribution is 7.99. The number of hydrogen-bond donors (Lipinski definition) is 1. The number of aryl methyl sites for hydroxylation is 1. The third-order valence-electron chi connectivity index (χ3n) is 4.12. The van der Waals surface area contributed by atoms with E-state index in [9.17, 15) is 4.79 Å². The lowest BCUT2D eigenvalue weighted by molar-refractivity contribution is -0.118. The predicted molar refractivity (Wildman–Crippen MR) is 120 cm³/mol. The molecule has 1 amide bonds. The van der Waals surface area contributed by atoms with E-state index in [1.165, 1.54) is 11.8 Å². The van der Waals surface area contributed by atoms with Gasteiger partial charge in [0.2, 0.25) is 0 Å². The highest BCUT2D eigenvalue weighted by Gasteiger charge is 2.17. The standard InChI is InChI=1S/C21H18N6OS2/c1-15-4-6-17(7-5-15)27-20(16-8-10-22-11-9-16)25-26-21(27)30-14-19(28)24-23-13-18-3-2-12-29-18/h2-13H,14H2,1H3,(H,24,28). The van der Waals surface area contributed by atoms with Gasteiger partial charge in [0.1, 0.15) is 0 Å². The molecule has 7 nitrogen and oxygen atoms in total. The number of pyridine rings is 1. The highest BCUT2D eigenvalue weighted by Crippen LogP contribution is 2.27. The second-order valence-electron chi connectivity index (χ2n) is 6.31. The molecule has 0 fully saturated rings. The van der Waals surface area contributed by atoms with Crippen LogP contribution in [0.5, 0.6) is 0 Å². The molecule has 0 bridgehead atoms. The van der Waals surface area contributed by atoms with Gasteiger partial charge in [-0.1, -0.05) is 35.5 Å². The van der Waals surface area contributed by atoms with Gasteiger partial charge in [0.05, 0.1) is 12.0 Å². The molecule has 0 aliphatic rings. The summed E-state index contributed by atoms with van der Waals surface area (Å²) >= 11 is 2.86. The number of benzene rings is 1. The van der Waals surface area contributed by atoms with Crippen molar-refractivity contribution in [3.8, 4) is 17.1 Å². The van der Waals surface area contributed by atoms with E-state index in [0.717, 1.165) is 21.7 Å². The number of amides is 1. The molecule has 0 unspecified atom stereocenters. The van der Waals surface area contributed by atoms with Crippen LogP contribution >= 0.6 is 23.1 Å². The Balaban J connectivity index is 1.53. The molecule has 4 aromatic rings. The number of hydrazone groups is 1. The van der Waals surface area contributed by atoms with Gasteiger partial charge in [-0.15, -0.1) is 21.5 Å². The van der Waals surface area contributed by atoms with Gasteiger partial charge in [-0.3, -0.25) is 14.3 Å². The van der Waals surface area contributed by atoms with Crippen molar-refractivity contribution >= 4 is 35.2 Å². The van der Waals surface area contributed by atoms with Gasteiger partial charge in [0.15, 0.2) is 11.0 Å². The van der Waals surface area contributed by atoms with Crippen molar-refractivity contribution in [2.75, 3.05) is 5.75 Å². The third-order valence-corrected chi connectivity index (χ3v) is 5.86. The van der Waals surface area contributed by atoms with E-state index < -0.39 is 0 Å². The van der Waals surface area contributed by atoms with E-state index >= 15 is 0 Å². The molecule has 150 valence electrons. The number of nitrogens with one attached hydrogen (secondary N) is 1. The molecule has 3 heterocycles. The minimum atomic E-state index is -0.211. The van der Waals surface area contributed by atoms with Crippen molar-refractivity contribution in [2.24, 2.45) is 5.10 Å². The summed E-state index contributed by atoms with van der Waals surface area (Å²) < 4.78 is 1.95. The van der Waals surface area contributed by atoms with Crippen LogP contribution in [0.15, 0.2) is 76.6 Å². The number of aromatic nitrogens is 4. The van der Waals surface area contributed by atoms with Crippen molar-refractivity contribution in [3.63, 3.8) is 0 Å². The Morgan fingerprint density at radius 1 is 1.17 bits per heavy atom. The lowest BCUT2D eigenvalue weighted by Gasteiger charge is -2.10. The first-order valence-corrected chi connectivity index (χ1v) is 11.0. The Morgan fingerprint density at radius 2 is 1.97 bits per heavy atom. The van der Waals surface area contributed by atoms with E-state index in [1.807, 2.05) is 65.4 Å². The van der Waals surface area contributed by atoms with Crippen LogP contribution in [-0.4, -0.2) is 37.6 Å². The zero-order valence-electron chi connectivity index (χ0n) is 16.1. The van der Waals surface area contributed by atoms with Gasteiger partial charge < -0.3 is 0 Å². The van der Waals surface area contributed by atoms with Crippen molar-refractivity contribution in [1.29, 1.82) is 0 Å². The predicted octanol–water partition coefficient (Wildman–Crippen LogP) is 3.94. The quantitative estimate of drug-likeness (QED) is 0.271. The molecule has 4 rings (SSSR count). The molecule has 0 radical (unpaired) electrons. The highest BCUT2D eigenvalue weighted by atomic mass is 32.2. The number of thiophene rings is 1. The normalized spacial score (nSPS) is 11.1. The molecule has 0 aliphatic carbocycles. The Labute approximate surface area is 181 Å². The van der Waals surface area contributed by atoms with Crippen molar-refractivity contribution in [1.82, 2.24) is 25.2 Å². The summed E-state index contributed by atoms with van der Waals surface area (Å²) in [4.78, 5) is 17.3. The summed E-state index contributed by atoms with van der Waals surface area (Å²) in [7, 11) is 0. The fraction of sp³-hybridized carbons (Fsp3) is 0.0952. The average molecular weight is 435 g/mol. The summed E-state index contributed by atoms with van der Waals surface area (Å²) in [6.07, 6.45) is 5.06. The SMILES string of the molecule is Cc1ccc(-n2c(SCC(=O)NN=Cc3cccs3)nnc2-c2ccncc2)cc1. The summed E-state index contributed by atoms with van der Waals surface area (Å²) in [5, 5.41) is 15.3. The molecule has 0 saturated carbocycles. The van der Waals surface area contributed by atoms with E-state index in [0.29, 0.717) is 11.0 Å². The molecule has 0 spiro atoms. The Kier molecular flexibility index (Phi) is 6.31. The van der Waals surface area contributed by atoms with Crippen LogP contribution in [0.3, 0.4) is 0 Å². The van der Waals surface area contributed by atoms with Gasteiger partial charge in [0, 0.05) is 28.5 Å². The van der Waals surface area contributed by atoms with Gasteiger partial charge in [0.25, 0.3) is 5.91 Å². The molecule has 0 aliphatic heterocycles. The average Bonchev–Trinajstić information content (AvgIpc) is 3.43. The zero-order valence-corrected chi connectivity index (χ0v) is 17.7. The van der Waals surface area contributed by atoms with Gasteiger partial charge in [-0.25, -0.2) is 5.43 Å². The Hall–Kier alpha value is -3.30. The number of carbonyl (C=O) groups excluding carboxylic acids is 1. The van der Waals surface area contributed by atoms with Crippen molar-refractivity contribution in [2.45, 2.75) is 12.1 Å². The lowest BCUT2D eigenvalue weighted by atomic mass is 10.2. The molecule has 9 heteroatoms. The van der Waals surface area contributed by atoms with E-state index in [1.54, 1.807) is 29.9 Å². The maximum atomic E-state index is 12.2. The van der Waals surface area contributed by atoms with E-state index in [2.05, 4.69) is 25.7 Å². The smallest absolute Gasteiger partial charge is 0.250 e. The van der Waals surface area contributed by atoms with Crippen molar-refractivity contribution < 1.29 is 4.79 Å². The molecular weight excluding hydrogens is 416 g/mol. The van der Waals surface area contributed by atoms with E-state index in [-0.39, 0.29) is 11.7 Å². The van der Waals surface area contributed by atoms with Crippen LogP contribution in [0.2, 0.25) is 0 Å². The summed E-state index contributed by atoms with van der Waals surface area (Å²) in [5.74, 6) is 0.652. The minimum absolute atomic E-state index is 0.169. The van der Waals surface area contributed by atoms with Crippen molar-refractivity contribution in [3.05, 3.63) is 76.7 Å². The topological polar surface area (TPSA) is 85.1 Å². The maximum absolute atomic E-state index is 12.2. The van der Waals surface area contributed by atoms with E-state index in [4.69, 9.17) is 0 Å². The Bertz CT molecular complexity index is 1140.